The third kappa shape index (κ3) is 20.1. The first kappa shape index (κ1) is 82.5. The van der Waals surface area contributed by atoms with Gasteiger partial charge in [0.2, 0.25) is 6.23 Å². The molecule has 97 heavy (non-hydrogen) atoms. The second-order valence-electron chi connectivity index (χ2n) is 22.1. The number of aromatic nitrogens is 8. The van der Waals surface area contributed by atoms with E-state index in [0.717, 1.165) is 25.7 Å². The number of aliphatic hydroxyl groups is 5. The molecule has 6 saturated heterocycles. The minimum Gasteiger partial charge on any atom is -0.469 e. The summed E-state index contributed by atoms with van der Waals surface area (Å²) < 4.78 is 50.9. The van der Waals surface area contributed by atoms with Crippen LogP contribution in [0.4, 0.5) is 0 Å². The van der Waals surface area contributed by atoms with Crippen LogP contribution in [0.1, 0.15) is 74.9 Å². The van der Waals surface area contributed by atoms with Gasteiger partial charge in [-0.1, -0.05) is 165 Å². The van der Waals surface area contributed by atoms with Crippen molar-refractivity contribution in [2.24, 2.45) is 0 Å². The summed E-state index contributed by atoms with van der Waals surface area (Å²) in [7, 11) is -0.446. The van der Waals surface area contributed by atoms with E-state index in [1.807, 2.05) is 41.4 Å². The van der Waals surface area contributed by atoms with E-state index in [9.17, 15) is 63.9 Å². The molecule has 15 atom stereocenters. The molecular weight excluding hydrogens is 1740 g/mol. The summed E-state index contributed by atoms with van der Waals surface area (Å²) in [4.78, 5) is 99.1. The van der Waals surface area contributed by atoms with Crippen LogP contribution in [-0.4, -0.2) is 158 Å². The fourth-order valence-corrected chi connectivity index (χ4v) is 14.4. The Morgan fingerprint density at radius 1 is 0.443 bits per heavy atom. The number of nitrogens with one attached hydrogen (secondary N) is 4. The molecule has 29 nitrogen and oxygen atoms in total. The van der Waals surface area contributed by atoms with Crippen LogP contribution in [0.3, 0.4) is 0 Å². The summed E-state index contributed by atoms with van der Waals surface area (Å²) in [6, 6.07) is 37.1. The number of aromatic amines is 4. The van der Waals surface area contributed by atoms with Gasteiger partial charge in [0, 0.05) is 95.1 Å². The highest BCUT2D eigenvalue weighted by Gasteiger charge is 2.57. The molecule has 34 heteroatoms. The summed E-state index contributed by atoms with van der Waals surface area (Å²) in [5, 5.41) is 52.0. The maximum absolute atomic E-state index is 11.9. The molecule has 10 heterocycles. The number of alkyl halides is 2. The minimum atomic E-state index is -1.30. The summed E-state index contributed by atoms with van der Waals surface area (Å²) >= 11 is 8.47. The molecule has 7 aromatic rings. The number of benzene rings is 3. The first-order chi connectivity index (χ1) is 44.8. The Labute approximate surface area is 607 Å². The van der Waals surface area contributed by atoms with Gasteiger partial charge in [-0.05, 0) is 51.5 Å². The van der Waals surface area contributed by atoms with Crippen LogP contribution in [0.5, 0.6) is 0 Å². The highest BCUT2D eigenvalue weighted by molar-refractivity contribution is 15.0. The molecule has 0 saturated carbocycles. The van der Waals surface area contributed by atoms with Gasteiger partial charge in [0.25, 0.3) is 22.2 Å². The lowest BCUT2D eigenvalue weighted by molar-refractivity contribution is -0.200. The number of ether oxygens (including phenoxy) is 8. The molecule has 530 valence electrons. The van der Waals surface area contributed by atoms with Crippen molar-refractivity contribution in [3.05, 3.63) is 236 Å². The SMILES string of the molecule is C.C.C.C=C1O[C@@H](n2ccc(=O)[nH]c2=O)C(O)[C@@H]1O.CC1(C)OC2[C@H](n3ccc(=O)[nH]c3=O)O[C@H](CI)[C@H]2O1.CC1(C)OC2[C@H](n3ccc(=O)[nH]c3=O)O[C@H](CO)[C@H]2O1.II.O=c1ccn([C@@H]2O[C@H](CI)[C@@H](O)C2O)c(=O)[nH]1.c1ccc(P(c2ccccc2)c2ccccc2)cc1. The standard InChI is InChI=1S/C18H15P.C12H15IN2O5.C12H16N2O6.C9H11IN2O5.C9H10N2O5.3CH4.I2/c1-4-10-16(11-5-1)19(17-12-6-2-7-13-17)18-14-8-3-9-15-18;1-12(2)19-8-6(5-13)18-10(9(8)20-12)15-4-3-7(16)14-11(15)17;1-12(2)19-8-6(5-15)18-10(9(8)20-12)14-4-3-7(16)13-11(14)17;10-3-4-6(14)7(15)8(17-4)12-2-1-5(13)11-9(12)16;1-4-6(13)7(14)8(16-4)11-3-2-5(12)10-9(11)15;;;;1-2/h1-15H;3-4,6,8-10H,5H2,1-2H3,(H,14,16,17);3-4,6,8-10,15H,5H2,1-2H3,(H,13,16,17);1-2,4,6-8,14-15H,3H2,(H,11,13,16);2-3,6-8,13-14H,1H2,(H,10,12,15);3*1H4;/t;2*6-,8-,9?,10-;4-,6-,7?,8-;6-,7?,8-;;;;/m.1111..../s1. The zero-order valence-electron chi connectivity index (χ0n) is 50.3. The maximum Gasteiger partial charge on any atom is 0.331 e. The predicted molar refractivity (Wildman–Crippen MR) is 396 cm³/mol. The highest BCUT2D eigenvalue weighted by atomic mass is 128. The van der Waals surface area contributed by atoms with E-state index in [-0.39, 0.29) is 53.0 Å². The number of halogens is 4. The van der Waals surface area contributed by atoms with Gasteiger partial charge >= 0.3 is 22.8 Å². The Kier molecular flexibility index (Phi) is 31.4. The summed E-state index contributed by atoms with van der Waals surface area (Å²) in [5.41, 5.74) is -4.49. The van der Waals surface area contributed by atoms with E-state index >= 15 is 0 Å². The van der Waals surface area contributed by atoms with Gasteiger partial charge in [0.15, 0.2) is 30.3 Å². The molecule has 4 aromatic heterocycles. The van der Waals surface area contributed by atoms with Gasteiger partial charge in [-0.15, -0.1) is 0 Å². The average Bonchev–Trinajstić information content (AvgIpc) is 1.62. The molecular formula is C63H79I4N8O21P. The van der Waals surface area contributed by atoms with Gasteiger partial charge in [-0.2, -0.15) is 0 Å². The Balaban J connectivity index is 0.000000216. The van der Waals surface area contributed by atoms with Crippen LogP contribution in [0, 0.1) is 0 Å². The molecule has 0 amide bonds. The lowest BCUT2D eigenvalue weighted by Gasteiger charge is -2.24. The third-order valence-electron chi connectivity index (χ3n) is 14.8. The summed E-state index contributed by atoms with van der Waals surface area (Å²) in [6.07, 6.45) is -5.82. The number of rotatable bonds is 10. The van der Waals surface area contributed by atoms with Crippen molar-refractivity contribution in [1.29, 1.82) is 0 Å². The molecule has 13 rings (SSSR count). The monoisotopic (exact) mass is 1820 g/mol. The fourth-order valence-electron chi connectivity index (χ4n) is 10.7. The fraction of sp³-hybridized carbons (Fsp3) is 0.429. The number of H-pyrrole nitrogens is 4. The Morgan fingerprint density at radius 2 is 0.753 bits per heavy atom. The van der Waals surface area contributed by atoms with E-state index in [1.54, 1.807) is 13.8 Å². The topological polar surface area (TPSA) is 394 Å². The van der Waals surface area contributed by atoms with Crippen molar-refractivity contribution in [3.63, 3.8) is 0 Å². The minimum absolute atomic E-state index is 0. The first-order valence-electron chi connectivity index (χ1n) is 28.7. The molecule has 6 aliphatic heterocycles. The zero-order valence-corrected chi connectivity index (χ0v) is 59.8. The Bertz CT molecular complexity index is 3960. The number of nitrogens with zero attached hydrogens (tertiary/aromatic N) is 4. The lowest BCUT2D eigenvalue weighted by atomic mass is 10.1. The number of fused-ring (bicyclic) bond motifs is 2. The number of aliphatic hydroxyl groups excluding tert-OH is 5. The van der Waals surface area contributed by atoms with E-state index in [2.05, 4.69) is 172 Å². The van der Waals surface area contributed by atoms with Gasteiger partial charge in [0.1, 0.15) is 60.7 Å². The zero-order chi connectivity index (χ0) is 68.3. The van der Waals surface area contributed by atoms with Gasteiger partial charge in [0.05, 0.1) is 18.8 Å². The van der Waals surface area contributed by atoms with Gasteiger partial charge in [-0.3, -0.25) is 57.4 Å². The maximum atomic E-state index is 11.9. The highest BCUT2D eigenvalue weighted by Crippen LogP contribution is 2.44. The van der Waals surface area contributed by atoms with Crippen molar-refractivity contribution in [3.8, 4) is 0 Å². The molecule has 0 spiro atoms. The molecule has 0 aliphatic carbocycles. The van der Waals surface area contributed by atoms with Crippen LogP contribution in [0.25, 0.3) is 0 Å². The summed E-state index contributed by atoms with van der Waals surface area (Å²) in [6.45, 7) is 10.3. The van der Waals surface area contributed by atoms with Crippen LogP contribution >= 0.6 is 90.3 Å². The van der Waals surface area contributed by atoms with Crippen LogP contribution < -0.4 is 60.9 Å². The predicted octanol–water partition coefficient (Wildman–Crippen LogP) is 3.35. The summed E-state index contributed by atoms with van der Waals surface area (Å²) in [5.74, 6) is -1.53. The normalized spacial score (nSPS) is 27.2. The molecule has 6 fully saturated rings. The molecule has 4 unspecified atom stereocenters. The van der Waals surface area contributed by atoms with Crippen LogP contribution in [0.2, 0.25) is 0 Å². The molecule has 9 N–H and O–H groups in total. The largest absolute Gasteiger partial charge is 0.469 e. The van der Waals surface area contributed by atoms with Gasteiger partial charge in [-0.25, -0.2) is 19.2 Å². The van der Waals surface area contributed by atoms with E-state index in [4.69, 9.17) is 37.9 Å². The van der Waals surface area contributed by atoms with Crippen molar-refractivity contribution < 1.29 is 63.4 Å². The van der Waals surface area contributed by atoms with Crippen LogP contribution in [-0.2, 0) is 37.9 Å². The van der Waals surface area contributed by atoms with E-state index in [1.165, 1.54) is 62.0 Å². The van der Waals surface area contributed by atoms with E-state index in [0.29, 0.717) is 4.43 Å². The van der Waals surface area contributed by atoms with Crippen molar-refractivity contribution in [2.45, 2.75) is 154 Å². The average molecular weight is 1820 g/mol. The second-order valence-corrected chi connectivity index (χ2v) is 26.1. The quantitative estimate of drug-likeness (QED) is 0.0538. The third-order valence-corrected chi connectivity index (χ3v) is 19.0. The Morgan fingerprint density at radius 3 is 1.06 bits per heavy atom. The molecule has 6 aliphatic rings. The van der Waals surface area contributed by atoms with Gasteiger partial charge < -0.3 is 63.4 Å². The van der Waals surface area contributed by atoms with E-state index < -0.39 is 138 Å². The second kappa shape index (κ2) is 36.9. The smallest absolute Gasteiger partial charge is 0.331 e. The number of hydrogen-bond acceptors (Lipinski definition) is 21. The molecule has 3 aromatic carbocycles. The van der Waals surface area contributed by atoms with Crippen molar-refractivity contribution in [2.75, 3.05) is 15.5 Å². The molecule has 0 bridgehead atoms. The van der Waals surface area contributed by atoms with Crippen molar-refractivity contribution >= 4 is 106 Å². The Hall–Kier alpha value is -5.21. The van der Waals surface area contributed by atoms with Crippen LogP contribution in [0.15, 0.2) is 191 Å². The first-order valence-corrected chi connectivity index (χ1v) is 39.3. The van der Waals surface area contributed by atoms with Crippen molar-refractivity contribution in [1.82, 2.24) is 38.2 Å². The number of hydrogen-bond donors (Lipinski definition) is 9. The molecule has 0 radical (unpaired) electrons. The lowest BCUT2D eigenvalue weighted by Crippen LogP contribution is -2.37.